The van der Waals surface area contributed by atoms with Crippen molar-refractivity contribution >= 4 is 11.8 Å². The van der Waals surface area contributed by atoms with Crippen LogP contribution in [0.3, 0.4) is 0 Å². The first-order valence-corrected chi connectivity index (χ1v) is 8.61. The Kier molecular flexibility index (Phi) is 5.50. The molecule has 0 amide bonds. The molecule has 0 radical (unpaired) electrons. The topological polar surface area (TPSA) is 80.1 Å². The van der Waals surface area contributed by atoms with Crippen LogP contribution in [0.25, 0.3) is 0 Å². The summed E-state index contributed by atoms with van der Waals surface area (Å²) in [5, 5.41) is 11.3. The SMILES string of the molecule is COC[C@@H](Nc1nc(N(C)C)nc2c1CCNCC2)c1ccnn1C. The Morgan fingerprint density at radius 2 is 2.12 bits per heavy atom. The Morgan fingerprint density at radius 3 is 2.80 bits per heavy atom. The fourth-order valence-corrected chi connectivity index (χ4v) is 3.11. The van der Waals surface area contributed by atoms with Crippen LogP contribution in [0, 0.1) is 0 Å². The molecule has 8 heteroatoms. The van der Waals surface area contributed by atoms with E-state index in [0.717, 1.165) is 49.1 Å². The van der Waals surface area contributed by atoms with Gasteiger partial charge in [0.1, 0.15) is 5.82 Å². The molecule has 1 aliphatic rings. The number of aryl methyl sites for hydroxylation is 1. The fourth-order valence-electron chi connectivity index (χ4n) is 3.11. The summed E-state index contributed by atoms with van der Waals surface area (Å²) in [5.74, 6) is 1.62. The van der Waals surface area contributed by atoms with Crippen molar-refractivity contribution < 1.29 is 4.74 Å². The summed E-state index contributed by atoms with van der Waals surface area (Å²) in [6.45, 7) is 2.42. The molecule has 0 fully saturated rings. The van der Waals surface area contributed by atoms with Crippen LogP contribution in [0.4, 0.5) is 11.8 Å². The maximum Gasteiger partial charge on any atom is 0.227 e. The number of hydrogen-bond donors (Lipinski definition) is 2. The molecule has 8 nitrogen and oxygen atoms in total. The van der Waals surface area contributed by atoms with Gasteiger partial charge in [0.2, 0.25) is 5.95 Å². The van der Waals surface area contributed by atoms with E-state index in [-0.39, 0.29) is 6.04 Å². The van der Waals surface area contributed by atoms with Gasteiger partial charge < -0.3 is 20.3 Å². The summed E-state index contributed by atoms with van der Waals surface area (Å²) in [5.41, 5.74) is 3.37. The van der Waals surface area contributed by atoms with Gasteiger partial charge in [-0.05, 0) is 19.0 Å². The van der Waals surface area contributed by atoms with Crippen molar-refractivity contribution in [1.82, 2.24) is 25.1 Å². The van der Waals surface area contributed by atoms with Gasteiger partial charge in [0.25, 0.3) is 0 Å². The molecule has 2 aromatic heterocycles. The fraction of sp³-hybridized carbons (Fsp3) is 0.588. The van der Waals surface area contributed by atoms with Gasteiger partial charge in [-0.3, -0.25) is 4.68 Å². The van der Waals surface area contributed by atoms with Crippen LogP contribution in [0.2, 0.25) is 0 Å². The predicted octanol–water partition coefficient (Wildman–Crippen LogP) is 0.764. The molecule has 0 spiro atoms. The van der Waals surface area contributed by atoms with Gasteiger partial charge in [-0.25, -0.2) is 4.98 Å². The maximum atomic E-state index is 5.43. The number of aromatic nitrogens is 4. The molecular formula is C17H27N7O. The van der Waals surface area contributed by atoms with E-state index in [0.29, 0.717) is 6.61 Å². The Hall–Kier alpha value is -2.19. The van der Waals surface area contributed by atoms with E-state index >= 15 is 0 Å². The first-order chi connectivity index (χ1) is 12.1. The zero-order valence-electron chi connectivity index (χ0n) is 15.4. The molecule has 3 heterocycles. The summed E-state index contributed by atoms with van der Waals surface area (Å²) in [6.07, 6.45) is 3.62. The monoisotopic (exact) mass is 345 g/mol. The lowest BCUT2D eigenvalue weighted by atomic mass is 10.1. The number of nitrogens with one attached hydrogen (secondary N) is 2. The highest BCUT2D eigenvalue weighted by Gasteiger charge is 2.22. The minimum Gasteiger partial charge on any atom is -0.382 e. The van der Waals surface area contributed by atoms with Crippen molar-refractivity contribution in [3.63, 3.8) is 0 Å². The second-order valence-corrected chi connectivity index (χ2v) is 6.47. The molecule has 1 aliphatic heterocycles. The second kappa shape index (κ2) is 7.79. The predicted molar refractivity (Wildman–Crippen MR) is 98.1 cm³/mol. The van der Waals surface area contributed by atoms with E-state index in [1.165, 1.54) is 5.56 Å². The highest BCUT2D eigenvalue weighted by molar-refractivity contribution is 5.53. The van der Waals surface area contributed by atoms with Gasteiger partial charge >= 0.3 is 0 Å². The highest BCUT2D eigenvalue weighted by atomic mass is 16.5. The van der Waals surface area contributed by atoms with Crippen molar-refractivity contribution in [1.29, 1.82) is 0 Å². The highest BCUT2D eigenvalue weighted by Crippen LogP contribution is 2.26. The Labute approximate surface area is 148 Å². The second-order valence-electron chi connectivity index (χ2n) is 6.47. The summed E-state index contributed by atoms with van der Waals surface area (Å²) in [7, 11) is 7.58. The van der Waals surface area contributed by atoms with Gasteiger partial charge in [0, 0.05) is 53.0 Å². The van der Waals surface area contributed by atoms with E-state index in [4.69, 9.17) is 14.7 Å². The van der Waals surface area contributed by atoms with E-state index in [2.05, 4.69) is 15.7 Å². The minimum absolute atomic E-state index is 0.0253. The first kappa shape index (κ1) is 17.6. The molecule has 136 valence electrons. The molecule has 0 aliphatic carbocycles. The van der Waals surface area contributed by atoms with E-state index in [9.17, 15) is 0 Å². The molecule has 0 bridgehead atoms. The lowest BCUT2D eigenvalue weighted by molar-refractivity contribution is 0.184. The summed E-state index contributed by atoms with van der Waals surface area (Å²) < 4.78 is 7.30. The molecule has 3 rings (SSSR count). The Bertz CT molecular complexity index is 713. The quantitative estimate of drug-likeness (QED) is 0.800. The average Bonchev–Trinajstić information content (AvgIpc) is 2.87. The van der Waals surface area contributed by atoms with Crippen molar-refractivity contribution in [3.05, 3.63) is 29.2 Å². The molecule has 25 heavy (non-hydrogen) atoms. The zero-order chi connectivity index (χ0) is 17.8. The van der Waals surface area contributed by atoms with Crippen LogP contribution in [0.15, 0.2) is 12.3 Å². The molecule has 0 saturated carbocycles. The van der Waals surface area contributed by atoms with Gasteiger partial charge in [0.05, 0.1) is 24.0 Å². The van der Waals surface area contributed by atoms with E-state index in [1.54, 1.807) is 13.3 Å². The molecule has 2 aromatic rings. The standard InChI is InChI=1S/C17H27N7O/c1-23(2)17-21-13-6-9-18-8-5-12(13)16(22-17)20-14(11-25-4)15-7-10-19-24(15)3/h7,10,14,18H,5-6,8-9,11H2,1-4H3,(H,20,21,22)/t14-/m1/s1. The van der Waals surface area contributed by atoms with Crippen LogP contribution in [-0.2, 0) is 24.6 Å². The third-order valence-electron chi connectivity index (χ3n) is 4.43. The van der Waals surface area contributed by atoms with E-state index < -0.39 is 0 Å². The van der Waals surface area contributed by atoms with Crippen molar-refractivity contribution in [2.75, 3.05) is 51.1 Å². The molecule has 1 atom stereocenters. The zero-order valence-corrected chi connectivity index (χ0v) is 15.4. The van der Waals surface area contributed by atoms with Gasteiger partial charge in [-0.15, -0.1) is 0 Å². The van der Waals surface area contributed by atoms with Crippen molar-refractivity contribution in [3.8, 4) is 0 Å². The molecular weight excluding hydrogens is 318 g/mol. The van der Waals surface area contributed by atoms with Gasteiger partial charge in [-0.2, -0.15) is 10.1 Å². The summed E-state index contributed by atoms with van der Waals surface area (Å²) in [6, 6.07) is 1.98. The number of methoxy groups -OCH3 is 1. The summed E-state index contributed by atoms with van der Waals surface area (Å²) in [4.78, 5) is 11.5. The molecule has 0 unspecified atom stereocenters. The molecule has 0 saturated heterocycles. The van der Waals surface area contributed by atoms with Crippen LogP contribution in [0.5, 0.6) is 0 Å². The smallest absolute Gasteiger partial charge is 0.227 e. The van der Waals surface area contributed by atoms with Crippen LogP contribution >= 0.6 is 0 Å². The van der Waals surface area contributed by atoms with E-state index in [1.807, 2.05) is 36.8 Å². The number of hydrogen-bond acceptors (Lipinski definition) is 7. The van der Waals surface area contributed by atoms with Gasteiger partial charge in [0.15, 0.2) is 0 Å². The van der Waals surface area contributed by atoms with Crippen LogP contribution in [-0.4, -0.2) is 60.6 Å². The number of fused-ring (bicyclic) bond motifs is 1. The number of ether oxygens (including phenoxy) is 1. The Balaban J connectivity index is 1.99. The number of anilines is 2. The molecule has 2 N–H and O–H groups in total. The van der Waals surface area contributed by atoms with Crippen LogP contribution in [0.1, 0.15) is 23.0 Å². The first-order valence-electron chi connectivity index (χ1n) is 8.61. The third kappa shape index (κ3) is 3.91. The van der Waals surface area contributed by atoms with Crippen molar-refractivity contribution in [2.24, 2.45) is 7.05 Å². The number of rotatable bonds is 6. The van der Waals surface area contributed by atoms with Crippen molar-refractivity contribution in [2.45, 2.75) is 18.9 Å². The molecule has 0 aromatic carbocycles. The largest absolute Gasteiger partial charge is 0.382 e. The Morgan fingerprint density at radius 1 is 1.32 bits per heavy atom. The minimum atomic E-state index is -0.0253. The lowest BCUT2D eigenvalue weighted by Gasteiger charge is -2.23. The summed E-state index contributed by atoms with van der Waals surface area (Å²) >= 11 is 0. The normalized spacial score (nSPS) is 15.4. The number of nitrogens with zero attached hydrogens (tertiary/aromatic N) is 5. The third-order valence-corrected chi connectivity index (χ3v) is 4.43. The van der Waals surface area contributed by atoms with Crippen LogP contribution < -0.4 is 15.5 Å². The lowest BCUT2D eigenvalue weighted by Crippen LogP contribution is -2.23. The average molecular weight is 345 g/mol. The van der Waals surface area contributed by atoms with Gasteiger partial charge in [-0.1, -0.05) is 0 Å². The maximum absolute atomic E-state index is 5.43.